The maximum absolute atomic E-state index is 12.9. The van der Waals surface area contributed by atoms with Crippen LogP contribution in [0, 0.1) is 0 Å². The normalized spacial score (nSPS) is 11.0. The number of benzene rings is 1. The Bertz CT molecular complexity index is 1370. The summed E-state index contributed by atoms with van der Waals surface area (Å²) >= 11 is 4.28. The average Bonchev–Trinajstić information content (AvgIpc) is 3.54. The fourth-order valence-corrected chi connectivity index (χ4v) is 5.57. The van der Waals surface area contributed by atoms with E-state index in [1.54, 1.807) is 18.4 Å². The van der Waals surface area contributed by atoms with Gasteiger partial charge in [0.25, 0.3) is 5.91 Å². The van der Waals surface area contributed by atoms with Crippen molar-refractivity contribution in [1.29, 1.82) is 0 Å². The molecule has 0 saturated carbocycles. The largest absolute Gasteiger partial charge is 0.497 e. The fourth-order valence-electron chi connectivity index (χ4n) is 3.11. The molecule has 31 heavy (non-hydrogen) atoms. The zero-order valence-electron chi connectivity index (χ0n) is 16.3. The molecule has 0 aliphatic heterocycles. The Hall–Kier alpha value is -3.27. The molecule has 0 fully saturated rings. The molecule has 0 bridgehead atoms. The van der Waals surface area contributed by atoms with Crippen LogP contribution in [0.4, 0.5) is 10.8 Å². The number of rotatable bonds is 5. The molecule has 4 heterocycles. The average molecular weight is 465 g/mol. The van der Waals surface area contributed by atoms with E-state index in [4.69, 9.17) is 15.5 Å². The number of methoxy groups -OCH3 is 1. The summed E-state index contributed by atoms with van der Waals surface area (Å²) < 4.78 is 5.21. The van der Waals surface area contributed by atoms with Crippen molar-refractivity contribution in [2.75, 3.05) is 18.2 Å². The van der Waals surface area contributed by atoms with E-state index in [0.29, 0.717) is 15.7 Å². The molecule has 6 nitrogen and oxygen atoms in total. The van der Waals surface area contributed by atoms with E-state index in [-0.39, 0.29) is 5.91 Å². The molecule has 0 atom stereocenters. The molecule has 5 rings (SSSR count). The standard InChI is InChI=1S/C22H16N4O2S3/c1-28-13-6-4-12(5-7-13)15-9-8-14-18(23)19(31-21(14)24-15)20(27)26-22-25-16(11-30-22)17-3-2-10-29-17/h2-11H,23H2,1H3,(H,25,26,27). The Balaban J connectivity index is 1.41. The number of hydrogen-bond donors (Lipinski definition) is 2. The van der Waals surface area contributed by atoms with E-state index in [9.17, 15) is 4.79 Å². The van der Waals surface area contributed by atoms with Gasteiger partial charge >= 0.3 is 0 Å². The van der Waals surface area contributed by atoms with Crippen LogP contribution in [0.5, 0.6) is 5.75 Å². The predicted octanol–water partition coefficient (Wildman–Crippen LogP) is 5.99. The van der Waals surface area contributed by atoms with E-state index >= 15 is 0 Å². The molecule has 4 aromatic heterocycles. The van der Waals surface area contributed by atoms with Gasteiger partial charge in [0, 0.05) is 16.3 Å². The lowest BCUT2D eigenvalue weighted by atomic mass is 10.1. The smallest absolute Gasteiger partial charge is 0.269 e. The van der Waals surface area contributed by atoms with Gasteiger partial charge < -0.3 is 10.5 Å². The molecule has 0 saturated heterocycles. The van der Waals surface area contributed by atoms with Gasteiger partial charge in [-0.15, -0.1) is 34.0 Å². The van der Waals surface area contributed by atoms with Crippen molar-refractivity contribution >= 4 is 61.0 Å². The van der Waals surface area contributed by atoms with Crippen molar-refractivity contribution in [3.05, 3.63) is 64.2 Å². The quantitative estimate of drug-likeness (QED) is 0.333. The first-order chi connectivity index (χ1) is 15.1. The topological polar surface area (TPSA) is 90.1 Å². The van der Waals surface area contributed by atoms with Crippen molar-refractivity contribution in [2.45, 2.75) is 0 Å². The first-order valence-electron chi connectivity index (χ1n) is 9.26. The minimum Gasteiger partial charge on any atom is -0.497 e. The number of nitrogens with one attached hydrogen (secondary N) is 1. The summed E-state index contributed by atoms with van der Waals surface area (Å²) in [6, 6.07) is 15.5. The van der Waals surface area contributed by atoms with E-state index < -0.39 is 0 Å². The number of nitrogens with two attached hydrogens (primary N) is 1. The van der Waals surface area contributed by atoms with Crippen LogP contribution in [0.3, 0.4) is 0 Å². The predicted molar refractivity (Wildman–Crippen MR) is 129 cm³/mol. The molecular formula is C22H16N4O2S3. The van der Waals surface area contributed by atoms with Gasteiger partial charge in [0.1, 0.15) is 15.5 Å². The second kappa shape index (κ2) is 8.10. The lowest BCUT2D eigenvalue weighted by Gasteiger charge is -2.03. The van der Waals surface area contributed by atoms with E-state index in [0.717, 1.165) is 37.8 Å². The van der Waals surface area contributed by atoms with Crippen molar-refractivity contribution in [3.63, 3.8) is 0 Å². The van der Waals surface area contributed by atoms with Crippen LogP contribution in [0.15, 0.2) is 59.3 Å². The van der Waals surface area contributed by atoms with E-state index in [1.165, 1.54) is 22.7 Å². The molecule has 0 aliphatic rings. The van der Waals surface area contributed by atoms with Gasteiger partial charge in [-0.1, -0.05) is 6.07 Å². The number of hydrogen-bond acceptors (Lipinski definition) is 8. The highest BCUT2D eigenvalue weighted by Crippen LogP contribution is 2.35. The van der Waals surface area contributed by atoms with Crippen LogP contribution in [0.1, 0.15) is 9.67 Å². The number of anilines is 2. The first kappa shape index (κ1) is 19.7. The minimum absolute atomic E-state index is 0.279. The number of carbonyl (C=O) groups is 1. The highest BCUT2D eigenvalue weighted by Gasteiger charge is 2.19. The number of nitrogen functional groups attached to an aromatic ring is 1. The number of amides is 1. The second-order valence-corrected chi connectivity index (χ2v) is 9.40. The SMILES string of the molecule is COc1ccc(-c2ccc3c(N)c(C(=O)Nc4nc(-c5cccs5)cs4)sc3n2)cc1. The van der Waals surface area contributed by atoms with Crippen LogP contribution in [-0.2, 0) is 0 Å². The summed E-state index contributed by atoms with van der Waals surface area (Å²) in [6.45, 7) is 0. The van der Waals surface area contributed by atoms with Crippen molar-refractivity contribution in [3.8, 4) is 27.6 Å². The Morgan fingerprint density at radius 1 is 1.03 bits per heavy atom. The molecule has 0 aliphatic carbocycles. The monoisotopic (exact) mass is 464 g/mol. The number of thiophene rings is 2. The van der Waals surface area contributed by atoms with E-state index in [1.807, 2.05) is 59.3 Å². The molecule has 1 amide bonds. The van der Waals surface area contributed by atoms with Gasteiger partial charge in [-0.05, 0) is 47.8 Å². The van der Waals surface area contributed by atoms with Gasteiger partial charge in [-0.25, -0.2) is 9.97 Å². The van der Waals surface area contributed by atoms with Crippen molar-refractivity contribution in [2.24, 2.45) is 0 Å². The van der Waals surface area contributed by atoms with Gasteiger partial charge in [0.05, 0.1) is 29.1 Å². The summed E-state index contributed by atoms with van der Waals surface area (Å²) in [5, 5.41) is 8.10. The lowest BCUT2D eigenvalue weighted by Crippen LogP contribution is -2.11. The van der Waals surface area contributed by atoms with Crippen LogP contribution < -0.4 is 15.8 Å². The molecule has 0 radical (unpaired) electrons. The Kier molecular flexibility index (Phi) is 5.14. The molecule has 1 aromatic carbocycles. The number of fused-ring (bicyclic) bond motifs is 1. The van der Waals surface area contributed by atoms with Crippen LogP contribution in [0.25, 0.3) is 32.0 Å². The van der Waals surface area contributed by atoms with Gasteiger partial charge in [-0.2, -0.15) is 0 Å². The Labute approximate surface area is 190 Å². The number of aromatic nitrogens is 2. The zero-order valence-corrected chi connectivity index (χ0v) is 18.7. The first-order valence-corrected chi connectivity index (χ1v) is 11.8. The van der Waals surface area contributed by atoms with Crippen LogP contribution in [0.2, 0.25) is 0 Å². The zero-order chi connectivity index (χ0) is 21.4. The van der Waals surface area contributed by atoms with E-state index in [2.05, 4.69) is 10.3 Å². The molecule has 9 heteroatoms. The third-order valence-corrected chi connectivity index (χ3v) is 7.45. The lowest BCUT2D eigenvalue weighted by molar-refractivity contribution is 0.103. The number of thiazole rings is 1. The highest BCUT2D eigenvalue weighted by atomic mass is 32.1. The second-order valence-electron chi connectivity index (χ2n) is 6.59. The summed E-state index contributed by atoms with van der Waals surface area (Å²) in [5.74, 6) is 0.507. The van der Waals surface area contributed by atoms with Gasteiger partial charge in [-0.3, -0.25) is 10.1 Å². The number of nitrogens with zero attached hydrogens (tertiary/aromatic N) is 2. The fraction of sp³-hybridized carbons (Fsp3) is 0.0455. The third kappa shape index (κ3) is 3.78. The van der Waals surface area contributed by atoms with Gasteiger partial charge in [0.15, 0.2) is 5.13 Å². The molecule has 5 aromatic rings. The number of carbonyl (C=O) groups excluding carboxylic acids is 1. The minimum atomic E-state index is -0.279. The van der Waals surface area contributed by atoms with Crippen LogP contribution in [-0.4, -0.2) is 23.0 Å². The van der Waals surface area contributed by atoms with Gasteiger partial charge in [0.2, 0.25) is 0 Å². The van der Waals surface area contributed by atoms with Crippen LogP contribution >= 0.6 is 34.0 Å². The Morgan fingerprint density at radius 3 is 2.61 bits per heavy atom. The number of pyridine rings is 1. The summed E-state index contributed by atoms with van der Waals surface area (Å²) in [4.78, 5) is 24.3. The summed E-state index contributed by atoms with van der Waals surface area (Å²) in [7, 11) is 1.63. The summed E-state index contributed by atoms with van der Waals surface area (Å²) in [5.41, 5.74) is 9.34. The molecule has 0 unspecified atom stereocenters. The maximum Gasteiger partial charge on any atom is 0.269 e. The number of ether oxygens (including phenoxy) is 1. The highest BCUT2D eigenvalue weighted by molar-refractivity contribution is 7.21. The Morgan fingerprint density at radius 2 is 1.87 bits per heavy atom. The van der Waals surface area contributed by atoms with Crippen molar-refractivity contribution in [1.82, 2.24) is 9.97 Å². The molecule has 3 N–H and O–H groups in total. The van der Waals surface area contributed by atoms with Crippen molar-refractivity contribution < 1.29 is 9.53 Å². The molecule has 0 spiro atoms. The third-order valence-electron chi connectivity index (χ3n) is 4.68. The summed E-state index contributed by atoms with van der Waals surface area (Å²) in [6.07, 6.45) is 0. The molecule has 154 valence electrons. The maximum atomic E-state index is 12.9. The molecular weight excluding hydrogens is 448 g/mol.